The zero-order valence-corrected chi connectivity index (χ0v) is 12.1. The van der Waals surface area contributed by atoms with Crippen LogP contribution >= 0.6 is 0 Å². The number of hydrogen-bond donors (Lipinski definition) is 0. The van der Waals surface area contributed by atoms with Crippen LogP contribution in [-0.4, -0.2) is 20.5 Å². The van der Waals surface area contributed by atoms with E-state index in [2.05, 4.69) is 9.97 Å². The molecule has 0 spiro atoms. The smallest absolute Gasteiger partial charge is 0.252 e. The Bertz CT molecular complexity index is 744. The van der Waals surface area contributed by atoms with E-state index in [0.717, 1.165) is 11.4 Å². The highest BCUT2D eigenvalue weighted by atomic mass is 19.3. The molecule has 0 bridgehead atoms. The van der Waals surface area contributed by atoms with E-state index in [-0.39, 0.29) is 24.4 Å². The summed E-state index contributed by atoms with van der Waals surface area (Å²) in [7, 11) is 0. The lowest BCUT2D eigenvalue weighted by Crippen LogP contribution is -2.32. The first-order chi connectivity index (χ1) is 9.87. The van der Waals surface area contributed by atoms with Gasteiger partial charge < -0.3 is 0 Å². The summed E-state index contributed by atoms with van der Waals surface area (Å²) in [5.41, 5.74) is 2.50. The number of rotatable bonds is 1. The second-order valence-electron chi connectivity index (χ2n) is 5.73. The van der Waals surface area contributed by atoms with E-state index >= 15 is 0 Å². The van der Waals surface area contributed by atoms with Gasteiger partial charge in [-0.2, -0.15) is 0 Å². The van der Waals surface area contributed by atoms with Gasteiger partial charge in [0, 0.05) is 24.9 Å². The molecule has 1 aliphatic carbocycles. The SMILES string of the molecule is Cc1nc2ccc(=O)n(C3CCC(F)(F)CC3)c2nc1C. The summed E-state index contributed by atoms with van der Waals surface area (Å²) in [5, 5.41) is 0. The fraction of sp³-hybridized carbons (Fsp3) is 0.533. The number of fused-ring (bicyclic) bond motifs is 1. The van der Waals surface area contributed by atoms with Gasteiger partial charge in [-0.15, -0.1) is 0 Å². The monoisotopic (exact) mass is 293 g/mol. The van der Waals surface area contributed by atoms with E-state index in [1.807, 2.05) is 13.8 Å². The summed E-state index contributed by atoms with van der Waals surface area (Å²) in [5.74, 6) is -2.61. The molecule has 6 heteroatoms. The highest BCUT2D eigenvalue weighted by Crippen LogP contribution is 2.38. The zero-order chi connectivity index (χ0) is 15.2. The Balaban J connectivity index is 2.11. The van der Waals surface area contributed by atoms with Gasteiger partial charge in [-0.3, -0.25) is 9.36 Å². The van der Waals surface area contributed by atoms with Crippen LogP contribution < -0.4 is 5.56 Å². The molecule has 0 aromatic carbocycles. The summed E-state index contributed by atoms with van der Waals surface area (Å²) >= 11 is 0. The van der Waals surface area contributed by atoms with Crippen LogP contribution in [0.15, 0.2) is 16.9 Å². The Kier molecular flexibility index (Phi) is 3.26. The molecule has 0 unspecified atom stereocenters. The quantitative estimate of drug-likeness (QED) is 0.811. The predicted octanol–water partition coefficient (Wildman–Crippen LogP) is 3.16. The minimum atomic E-state index is -2.61. The number of aromatic nitrogens is 3. The van der Waals surface area contributed by atoms with Crippen molar-refractivity contribution in [3.63, 3.8) is 0 Å². The summed E-state index contributed by atoms with van der Waals surface area (Å²) in [6, 6.07) is 2.86. The molecule has 112 valence electrons. The maximum Gasteiger partial charge on any atom is 0.252 e. The van der Waals surface area contributed by atoms with Crippen molar-refractivity contribution in [3.8, 4) is 0 Å². The second-order valence-corrected chi connectivity index (χ2v) is 5.73. The van der Waals surface area contributed by atoms with E-state index in [1.165, 1.54) is 6.07 Å². The Labute approximate surface area is 120 Å². The van der Waals surface area contributed by atoms with Crippen molar-refractivity contribution >= 4 is 11.2 Å². The number of nitrogens with zero attached hydrogens (tertiary/aromatic N) is 3. The minimum Gasteiger partial charge on any atom is -0.288 e. The summed E-state index contributed by atoms with van der Waals surface area (Å²) in [4.78, 5) is 21.1. The van der Waals surface area contributed by atoms with Crippen molar-refractivity contribution in [2.75, 3.05) is 0 Å². The first kappa shape index (κ1) is 14.1. The molecule has 2 heterocycles. The third-order valence-electron chi connectivity index (χ3n) is 4.22. The van der Waals surface area contributed by atoms with E-state index in [4.69, 9.17) is 0 Å². The number of pyridine rings is 1. The van der Waals surface area contributed by atoms with Crippen LogP contribution in [0.3, 0.4) is 0 Å². The number of aryl methyl sites for hydroxylation is 2. The summed E-state index contributed by atoms with van der Waals surface area (Å²) in [6.45, 7) is 3.69. The normalized spacial score (nSPS) is 19.0. The predicted molar refractivity (Wildman–Crippen MR) is 75.7 cm³/mol. The molecule has 21 heavy (non-hydrogen) atoms. The van der Waals surface area contributed by atoms with E-state index in [0.29, 0.717) is 24.0 Å². The number of alkyl halides is 2. The van der Waals surface area contributed by atoms with E-state index < -0.39 is 5.92 Å². The average molecular weight is 293 g/mol. The molecule has 1 saturated carbocycles. The molecule has 1 aliphatic rings. The maximum atomic E-state index is 13.3. The fourth-order valence-corrected chi connectivity index (χ4v) is 2.87. The van der Waals surface area contributed by atoms with Crippen molar-refractivity contribution in [3.05, 3.63) is 33.9 Å². The van der Waals surface area contributed by atoms with Crippen molar-refractivity contribution in [1.82, 2.24) is 14.5 Å². The van der Waals surface area contributed by atoms with Crippen LogP contribution in [0, 0.1) is 13.8 Å². The number of halogens is 2. The standard InChI is InChI=1S/C15H17F2N3O/c1-9-10(2)19-14-12(18-9)3-4-13(21)20(14)11-5-7-15(16,17)8-6-11/h3-4,11H,5-8H2,1-2H3. The average Bonchev–Trinajstić information content (AvgIpc) is 2.42. The van der Waals surface area contributed by atoms with Gasteiger partial charge in [-0.05, 0) is 32.8 Å². The molecule has 3 rings (SSSR count). The van der Waals surface area contributed by atoms with Gasteiger partial charge >= 0.3 is 0 Å². The second kappa shape index (κ2) is 4.86. The third kappa shape index (κ3) is 2.54. The molecular weight excluding hydrogens is 276 g/mol. The van der Waals surface area contributed by atoms with Crippen LogP contribution in [-0.2, 0) is 0 Å². The topological polar surface area (TPSA) is 47.8 Å². The Hall–Kier alpha value is -1.85. The fourth-order valence-electron chi connectivity index (χ4n) is 2.87. The van der Waals surface area contributed by atoms with Gasteiger partial charge in [0.1, 0.15) is 5.52 Å². The third-order valence-corrected chi connectivity index (χ3v) is 4.22. The molecule has 0 saturated heterocycles. The lowest BCUT2D eigenvalue weighted by atomic mass is 9.92. The van der Waals surface area contributed by atoms with E-state index in [9.17, 15) is 13.6 Å². The Morgan fingerprint density at radius 1 is 1.14 bits per heavy atom. The first-order valence-corrected chi connectivity index (χ1v) is 7.12. The van der Waals surface area contributed by atoms with Gasteiger partial charge in [0.25, 0.3) is 5.56 Å². The molecule has 0 N–H and O–H groups in total. The molecule has 2 aromatic rings. The largest absolute Gasteiger partial charge is 0.288 e. The molecule has 4 nitrogen and oxygen atoms in total. The molecular formula is C15H17F2N3O. The molecule has 0 amide bonds. The zero-order valence-electron chi connectivity index (χ0n) is 12.1. The van der Waals surface area contributed by atoms with Gasteiger partial charge in [0.15, 0.2) is 5.65 Å². The van der Waals surface area contributed by atoms with Crippen LogP contribution in [0.4, 0.5) is 8.78 Å². The minimum absolute atomic E-state index is 0.182. The van der Waals surface area contributed by atoms with Gasteiger partial charge in [0.05, 0.1) is 11.4 Å². The molecule has 0 atom stereocenters. The maximum absolute atomic E-state index is 13.3. The van der Waals surface area contributed by atoms with Crippen LogP contribution in [0.1, 0.15) is 43.1 Å². The van der Waals surface area contributed by atoms with Gasteiger partial charge in [-0.1, -0.05) is 0 Å². The van der Waals surface area contributed by atoms with E-state index in [1.54, 1.807) is 10.6 Å². The molecule has 2 aromatic heterocycles. The highest BCUT2D eigenvalue weighted by molar-refractivity contribution is 5.70. The molecule has 0 aliphatic heterocycles. The first-order valence-electron chi connectivity index (χ1n) is 7.12. The summed E-state index contributed by atoms with van der Waals surface area (Å²) in [6.07, 6.45) is 0.221. The van der Waals surface area contributed by atoms with Crippen molar-refractivity contribution in [1.29, 1.82) is 0 Å². The number of hydrogen-bond acceptors (Lipinski definition) is 3. The lowest BCUT2D eigenvalue weighted by Gasteiger charge is -2.30. The Morgan fingerprint density at radius 2 is 1.76 bits per heavy atom. The van der Waals surface area contributed by atoms with Crippen molar-refractivity contribution < 1.29 is 8.78 Å². The molecule has 1 fully saturated rings. The molecule has 0 radical (unpaired) electrons. The highest BCUT2D eigenvalue weighted by Gasteiger charge is 2.36. The van der Waals surface area contributed by atoms with Crippen LogP contribution in [0.2, 0.25) is 0 Å². The van der Waals surface area contributed by atoms with Gasteiger partial charge in [0.2, 0.25) is 5.92 Å². The van der Waals surface area contributed by atoms with Crippen LogP contribution in [0.5, 0.6) is 0 Å². The van der Waals surface area contributed by atoms with Gasteiger partial charge in [-0.25, -0.2) is 18.7 Å². The van der Waals surface area contributed by atoms with Crippen molar-refractivity contribution in [2.45, 2.75) is 51.5 Å². The lowest BCUT2D eigenvalue weighted by molar-refractivity contribution is -0.0439. The summed E-state index contributed by atoms with van der Waals surface area (Å²) < 4.78 is 28.2. The van der Waals surface area contributed by atoms with Crippen molar-refractivity contribution in [2.24, 2.45) is 0 Å². The van der Waals surface area contributed by atoms with Crippen LogP contribution in [0.25, 0.3) is 11.2 Å². The Morgan fingerprint density at radius 3 is 2.43 bits per heavy atom.